The topological polar surface area (TPSA) is 159 Å². The first kappa shape index (κ1) is 48.7. The van der Waals surface area contributed by atoms with Crippen LogP contribution in [-0.2, 0) is 37.8 Å². The molecule has 6 rings (SSSR count). The molecule has 4 atom stereocenters. The van der Waals surface area contributed by atoms with Gasteiger partial charge >= 0.3 is 332 Å². The second kappa shape index (κ2) is 21.5. The first-order chi connectivity index (χ1) is 29.9. The Kier molecular flexibility index (Phi) is 16.6. The van der Waals surface area contributed by atoms with Crippen LogP contribution in [0.25, 0.3) is 0 Å². The zero-order valence-corrected chi connectivity index (χ0v) is 39.6. The fourth-order valence-electron chi connectivity index (χ4n) is 6.96. The maximum atomic E-state index is 15.3. The van der Waals surface area contributed by atoms with Crippen LogP contribution in [0.1, 0.15) is 0 Å². The molecule has 4 amide bonds. The molecule has 4 saturated heterocycles. The van der Waals surface area contributed by atoms with Crippen molar-refractivity contribution in [1.29, 1.82) is 0 Å². The van der Waals surface area contributed by atoms with Gasteiger partial charge in [0.2, 0.25) is 11.8 Å². The van der Waals surface area contributed by atoms with Crippen molar-refractivity contribution in [3.63, 3.8) is 0 Å². The van der Waals surface area contributed by atoms with E-state index in [0.717, 1.165) is 12.1 Å². The molecule has 4 aliphatic heterocycles. The molecule has 0 saturated carbocycles. The van der Waals surface area contributed by atoms with Crippen molar-refractivity contribution < 1.29 is 71.8 Å². The van der Waals surface area contributed by atoms with Gasteiger partial charge in [-0.05, 0) is 0 Å². The zero-order valence-electron chi connectivity index (χ0n) is 32.9. The van der Waals surface area contributed by atoms with Crippen molar-refractivity contribution >= 4 is 120 Å². The minimum absolute atomic E-state index is 0.0627. The fraction of sp³-hybridized carbons (Fsp3) is 0.500. The van der Waals surface area contributed by atoms with Gasteiger partial charge in [-0.1, -0.05) is 0 Å². The van der Waals surface area contributed by atoms with Crippen LogP contribution < -0.4 is 19.6 Å². The Morgan fingerprint density at radius 2 is 1.03 bits per heavy atom. The van der Waals surface area contributed by atoms with E-state index in [4.69, 9.17) is 17.8 Å². The summed E-state index contributed by atoms with van der Waals surface area (Å²) in [6, 6.07) is 8.27. The zero-order chi connectivity index (χ0) is 45.6. The maximum absolute atomic E-state index is 15.3. The number of amides is 4. The quantitative estimate of drug-likeness (QED) is 0.122. The molecule has 27 heteroatoms. The molecular weight excluding hydrogens is 1040 g/mol. The van der Waals surface area contributed by atoms with Crippen LogP contribution in [0.5, 0.6) is 0 Å². The van der Waals surface area contributed by atoms with Gasteiger partial charge in [0.05, 0.1) is 0 Å². The van der Waals surface area contributed by atoms with E-state index in [1.807, 2.05) is 0 Å². The van der Waals surface area contributed by atoms with E-state index in [9.17, 15) is 45.2 Å². The molecule has 2 unspecified atom stereocenters. The molecule has 2 aromatic carbocycles. The van der Waals surface area contributed by atoms with Gasteiger partial charge < -0.3 is 0 Å². The third-order valence-electron chi connectivity index (χ3n) is 10.2. The van der Waals surface area contributed by atoms with Crippen LogP contribution in [0.2, 0.25) is 10.4 Å². The second-order valence-electron chi connectivity index (χ2n) is 14.3. The van der Waals surface area contributed by atoms with Crippen LogP contribution in [0, 0.1) is 11.6 Å². The molecule has 0 aromatic heterocycles. The van der Waals surface area contributed by atoms with Gasteiger partial charge in [0.1, 0.15) is 13.2 Å². The van der Waals surface area contributed by atoms with Crippen LogP contribution >= 0.6 is 24.4 Å². The van der Waals surface area contributed by atoms with Gasteiger partial charge in [-0.25, -0.2) is 8.37 Å². The van der Waals surface area contributed by atoms with Crippen LogP contribution in [0.3, 0.4) is 0 Å². The van der Waals surface area contributed by atoms with E-state index in [1.165, 1.54) is 43.9 Å². The molecule has 0 radical (unpaired) electrons. The first-order valence-electron chi connectivity index (χ1n) is 19.2. The van der Waals surface area contributed by atoms with E-state index in [-0.39, 0.29) is 106 Å². The molecule has 344 valence electrons. The number of rotatable bonds is 18. The number of hydrogen-bond acceptors (Lipinski definition) is 14. The van der Waals surface area contributed by atoms with Crippen molar-refractivity contribution in [2.45, 2.75) is 35.5 Å². The predicted octanol–water partition coefficient (Wildman–Crippen LogP) is 2.79. The summed E-state index contributed by atoms with van der Waals surface area (Å²) in [4.78, 5) is 58.8. The Morgan fingerprint density at radius 1 is 0.667 bits per heavy atom. The normalized spacial score (nSPS) is 20.0. The average Bonchev–Trinajstić information content (AvgIpc) is 3.83. The Hall–Kier alpha value is -3.73. The Labute approximate surface area is 381 Å². The van der Waals surface area contributed by atoms with Gasteiger partial charge in [-0.3, -0.25) is 9.59 Å². The summed E-state index contributed by atoms with van der Waals surface area (Å²) in [7, 11) is -4.78. The van der Waals surface area contributed by atoms with Crippen molar-refractivity contribution in [3.05, 3.63) is 48.0 Å². The van der Waals surface area contributed by atoms with Gasteiger partial charge in [-0.2, -0.15) is 8.42 Å². The van der Waals surface area contributed by atoms with E-state index in [0.29, 0.717) is 0 Å². The molecule has 0 bridgehead atoms. The van der Waals surface area contributed by atoms with Crippen LogP contribution in [0.15, 0.2) is 36.4 Å². The molecule has 0 aliphatic carbocycles. The summed E-state index contributed by atoms with van der Waals surface area (Å²) < 4.78 is 126. The van der Waals surface area contributed by atoms with Crippen molar-refractivity contribution in [2.75, 3.05) is 98.3 Å². The number of thiocarbonyl (C=S) groups is 2. The van der Waals surface area contributed by atoms with Gasteiger partial charge in [-0.15, -0.1) is 0 Å². The SMILES string of the molecule is O=C(COS(=O)(=O)OCC(=O)N1CCN(c2ccc(N3C[C@@H](C[AsH]C(=S)C(F)F)OC3=O)cc2F)CC1)N1CCN(c2ccc(N3C[C@@H](C[AsH]C(=S)C(F)F)OC3=O)cc2F)CC1. The third-order valence-corrected chi connectivity index (χ3v) is 18.1. The standard InChI is InChI=1S/C36H40As2F6N6O10S3/c39-25-13-21(49-17-23(59-35(49)53)15-37-31(61)33(41)42)1-3-27(25)45-5-9-47(10-6-45)29(51)19-57-63(55,56)58-20-30(52)48-11-7-46(8-12-48)28-4-2-22(14-26(28)40)50-18-24(60-36(50)54)16-38-32(62)34(43)44/h1-4,13-14,23-24,33-34,37-38H,5-12,15-20H2/t23-,24-/m1/s1. The number of cyclic esters (lactones) is 2. The Balaban J connectivity index is 0.889. The number of piperazine rings is 2. The number of hydrogen-bond donors (Lipinski definition) is 0. The molecule has 4 fully saturated rings. The number of nitrogens with zero attached hydrogens (tertiary/aromatic N) is 6. The van der Waals surface area contributed by atoms with Crippen molar-refractivity contribution in [1.82, 2.24) is 9.80 Å². The number of carbonyl (C=O) groups is 4. The minimum atomic E-state index is -4.78. The molecule has 4 aliphatic rings. The summed E-state index contributed by atoms with van der Waals surface area (Å²) in [6.07, 6.45) is -8.12. The molecule has 0 spiro atoms. The van der Waals surface area contributed by atoms with Crippen LogP contribution in [-0.4, -0.2) is 185 Å². The van der Waals surface area contributed by atoms with Gasteiger partial charge in [0, 0.05) is 0 Å². The van der Waals surface area contributed by atoms with E-state index in [2.05, 4.69) is 24.4 Å². The van der Waals surface area contributed by atoms with E-state index < -0.39 is 116 Å². The number of anilines is 4. The molecule has 16 nitrogen and oxygen atoms in total. The van der Waals surface area contributed by atoms with Crippen molar-refractivity contribution in [2.24, 2.45) is 0 Å². The molecule has 4 heterocycles. The Bertz CT molecular complexity index is 2050. The number of alkyl halides is 4. The van der Waals surface area contributed by atoms with E-state index >= 15 is 8.78 Å². The van der Waals surface area contributed by atoms with E-state index in [1.54, 1.807) is 9.80 Å². The molecular formula is C36H40As2F6N6O10S3. The second-order valence-corrected chi connectivity index (χ2v) is 23.4. The molecule has 2 aromatic rings. The van der Waals surface area contributed by atoms with Gasteiger partial charge in [0.15, 0.2) is 0 Å². The Morgan fingerprint density at radius 3 is 1.37 bits per heavy atom. The molecule has 63 heavy (non-hydrogen) atoms. The summed E-state index contributed by atoms with van der Waals surface area (Å²) in [5.41, 5.74) is 0.834. The predicted molar refractivity (Wildman–Crippen MR) is 228 cm³/mol. The van der Waals surface area contributed by atoms with Gasteiger partial charge in [0.25, 0.3) is 0 Å². The third kappa shape index (κ3) is 12.8. The molecule has 0 N–H and O–H groups in total. The van der Waals surface area contributed by atoms with Crippen molar-refractivity contribution in [3.8, 4) is 0 Å². The summed E-state index contributed by atoms with van der Waals surface area (Å²) in [5.74, 6) is -2.70. The summed E-state index contributed by atoms with van der Waals surface area (Å²) in [5, 5.41) is 0.453. The first-order valence-corrected chi connectivity index (χ1v) is 26.4. The fourth-order valence-corrected chi connectivity index (χ4v) is 11.7. The number of halogens is 6. The van der Waals surface area contributed by atoms with Crippen LogP contribution in [0.4, 0.5) is 58.7 Å². The average molecular weight is 1080 g/mol. The monoisotopic (exact) mass is 1080 g/mol. The summed E-state index contributed by atoms with van der Waals surface area (Å²) >= 11 is 6.73. The number of benzene rings is 2. The number of carbonyl (C=O) groups excluding carboxylic acids is 4. The summed E-state index contributed by atoms with van der Waals surface area (Å²) in [6.45, 7) is -0.651. The number of ether oxygens (including phenoxy) is 2.